The Hall–Kier alpha value is -1.20. The van der Waals surface area contributed by atoms with Crippen molar-refractivity contribution in [2.75, 3.05) is 25.6 Å². The first-order chi connectivity index (χ1) is 8.56. The van der Waals surface area contributed by atoms with Crippen LogP contribution >= 0.6 is 0 Å². The van der Waals surface area contributed by atoms with Crippen molar-refractivity contribution in [2.45, 2.75) is 39.2 Å². The molecule has 0 radical (unpaired) electrons. The number of nitrogens with zero attached hydrogens (tertiary/aromatic N) is 2. The third kappa shape index (κ3) is 4.58. The maximum absolute atomic E-state index is 9.00. The Kier molecular flexibility index (Phi) is 6.01. The van der Waals surface area contributed by atoms with Crippen molar-refractivity contribution in [2.24, 2.45) is 0 Å². The highest BCUT2D eigenvalue weighted by Gasteiger charge is 2.11. The lowest BCUT2D eigenvalue weighted by atomic mass is 10.1. The van der Waals surface area contributed by atoms with E-state index in [2.05, 4.69) is 29.1 Å². The van der Waals surface area contributed by atoms with Crippen LogP contribution in [0.15, 0.2) is 6.07 Å². The molecule has 1 rings (SSSR count). The molecule has 0 fully saturated rings. The Labute approximate surface area is 109 Å². The zero-order valence-corrected chi connectivity index (χ0v) is 11.6. The number of nitrogens with one attached hydrogen (secondary N) is 1. The van der Waals surface area contributed by atoms with Gasteiger partial charge in [-0.1, -0.05) is 13.8 Å². The number of ether oxygens (including phenoxy) is 1. The number of hydrogen-bond acceptors (Lipinski definition) is 5. The molecule has 1 aromatic heterocycles. The molecule has 0 aromatic carbocycles. The fourth-order valence-corrected chi connectivity index (χ4v) is 1.69. The average molecular weight is 253 g/mol. The van der Waals surface area contributed by atoms with Crippen LogP contribution in [0, 0.1) is 6.92 Å². The van der Waals surface area contributed by atoms with E-state index in [0.717, 1.165) is 11.4 Å². The van der Waals surface area contributed by atoms with Gasteiger partial charge in [0.15, 0.2) is 0 Å². The molecule has 5 heteroatoms. The van der Waals surface area contributed by atoms with Gasteiger partial charge in [0, 0.05) is 25.1 Å². The molecule has 0 bridgehead atoms. The molecule has 1 unspecified atom stereocenters. The SMILES string of the molecule is COCC(CCO)Nc1nc(C)cc(C(C)C)n1. The van der Waals surface area contributed by atoms with Gasteiger partial charge in [-0.05, 0) is 25.3 Å². The molecule has 0 saturated heterocycles. The van der Waals surface area contributed by atoms with E-state index < -0.39 is 0 Å². The van der Waals surface area contributed by atoms with Crippen LogP contribution in [-0.4, -0.2) is 41.4 Å². The van der Waals surface area contributed by atoms with E-state index >= 15 is 0 Å². The zero-order chi connectivity index (χ0) is 13.5. The number of anilines is 1. The highest BCUT2D eigenvalue weighted by atomic mass is 16.5. The second-order valence-corrected chi connectivity index (χ2v) is 4.72. The Morgan fingerprint density at radius 3 is 2.67 bits per heavy atom. The molecule has 0 aliphatic rings. The van der Waals surface area contributed by atoms with E-state index in [-0.39, 0.29) is 12.6 Å². The van der Waals surface area contributed by atoms with Gasteiger partial charge < -0.3 is 15.2 Å². The molecule has 0 saturated carbocycles. The highest BCUT2D eigenvalue weighted by Crippen LogP contribution is 2.15. The van der Waals surface area contributed by atoms with Gasteiger partial charge >= 0.3 is 0 Å². The lowest BCUT2D eigenvalue weighted by Gasteiger charge is -2.18. The second kappa shape index (κ2) is 7.28. The molecule has 102 valence electrons. The second-order valence-electron chi connectivity index (χ2n) is 4.72. The number of hydrogen-bond donors (Lipinski definition) is 2. The van der Waals surface area contributed by atoms with Gasteiger partial charge in [0.1, 0.15) is 0 Å². The molecule has 0 aliphatic heterocycles. The summed E-state index contributed by atoms with van der Waals surface area (Å²) in [6.45, 7) is 6.80. The van der Waals surface area contributed by atoms with E-state index in [0.29, 0.717) is 24.9 Å². The van der Waals surface area contributed by atoms with Gasteiger partial charge in [-0.3, -0.25) is 0 Å². The third-order valence-electron chi connectivity index (χ3n) is 2.64. The summed E-state index contributed by atoms with van der Waals surface area (Å²) in [6, 6.07) is 2.02. The summed E-state index contributed by atoms with van der Waals surface area (Å²) >= 11 is 0. The predicted molar refractivity (Wildman–Crippen MR) is 71.8 cm³/mol. The van der Waals surface area contributed by atoms with E-state index in [9.17, 15) is 0 Å². The number of aliphatic hydroxyl groups excluding tert-OH is 1. The molecule has 0 amide bonds. The normalized spacial score (nSPS) is 12.8. The summed E-state index contributed by atoms with van der Waals surface area (Å²) < 4.78 is 5.11. The highest BCUT2D eigenvalue weighted by molar-refractivity contribution is 5.30. The molecule has 2 N–H and O–H groups in total. The number of methoxy groups -OCH3 is 1. The molecule has 18 heavy (non-hydrogen) atoms. The van der Waals surface area contributed by atoms with Crippen LogP contribution < -0.4 is 5.32 Å². The fraction of sp³-hybridized carbons (Fsp3) is 0.692. The molecular formula is C13H23N3O2. The van der Waals surface area contributed by atoms with E-state index in [1.165, 1.54) is 0 Å². The van der Waals surface area contributed by atoms with Crippen molar-refractivity contribution in [3.05, 3.63) is 17.5 Å². The summed E-state index contributed by atoms with van der Waals surface area (Å²) in [5.41, 5.74) is 1.96. The number of aliphatic hydroxyl groups is 1. The average Bonchev–Trinajstić information content (AvgIpc) is 2.28. The van der Waals surface area contributed by atoms with Crippen LogP contribution in [0.1, 0.15) is 37.6 Å². The summed E-state index contributed by atoms with van der Waals surface area (Å²) in [5.74, 6) is 0.972. The van der Waals surface area contributed by atoms with Crippen LogP contribution in [-0.2, 0) is 4.74 Å². The van der Waals surface area contributed by atoms with Crippen LogP contribution in [0.3, 0.4) is 0 Å². The third-order valence-corrected chi connectivity index (χ3v) is 2.64. The Balaban J connectivity index is 2.81. The van der Waals surface area contributed by atoms with Crippen molar-refractivity contribution >= 4 is 5.95 Å². The largest absolute Gasteiger partial charge is 0.396 e. The van der Waals surface area contributed by atoms with Gasteiger partial charge in [0.05, 0.1) is 12.6 Å². The number of aromatic nitrogens is 2. The van der Waals surface area contributed by atoms with Crippen molar-refractivity contribution < 1.29 is 9.84 Å². The Morgan fingerprint density at radius 1 is 1.39 bits per heavy atom. The topological polar surface area (TPSA) is 67.3 Å². The summed E-state index contributed by atoms with van der Waals surface area (Å²) in [4.78, 5) is 8.84. The molecule has 0 spiro atoms. The van der Waals surface area contributed by atoms with Crippen molar-refractivity contribution in [3.63, 3.8) is 0 Å². The maximum Gasteiger partial charge on any atom is 0.223 e. The van der Waals surface area contributed by atoms with E-state index in [1.807, 2.05) is 13.0 Å². The van der Waals surface area contributed by atoms with Crippen LogP contribution in [0.4, 0.5) is 5.95 Å². The number of aryl methyl sites for hydroxylation is 1. The first-order valence-electron chi connectivity index (χ1n) is 6.28. The van der Waals surface area contributed by atoms with E-state index in [1.54, 1.807) is 7.11 Å². The van der Waals surface area contributed by atoms with Crippen molar-refractivity contribution in [1.82, 2.24) is 9.97 Å². The molecule has 1 atom stereocenters. The van der Waals surface area contributed by atoms with Gasteiger partial charge in [-0.15, -0.1) is 0 Å². The molecular weight excluding hydrogens is 230 g/mol. The monoisotopic (exact) mass is 253 g/mol. The first-order valence-corrected chi connectivity index (χ1v) is 6.28. The van der Waals surface area contributed by atoms with Gasteiger partial charge in [-0.2, -0.15) is 0 Å². The minimum Gasteiger partial charge on any atom is -0.396 e. The van der Waals surface area contributed by atoms with Gasteiger partial charge in [0.25, 0.3) is 0 Å². The maximum atomic E-state index is 9.00. The standard InChI is InChI=1S/C13H23N3O2/c1-9(2)12-7-10(3)14-13(16-12)15-11(5-6-17)8-18-4/h7,9,11,17H,5-6,8H2,1-4H3,(H,14,15,16). The zero-order valence-electron chi connectivity index (χ0n) is 11.6. The minimum absolute atomic E-state index is 0.0295. The van der Waals surface area contributed by atoms with Crippen molar-refractivity contribution in [1.29, 1.82) is 0 Å². The first kappa shape index (κ1) is 14.9. The quantitative estimate of drug-likeness (QED) is 0.774. The van der Waals surface area contributed by atoms with Gasteiger partial charge in [0.2, 0.25) is 5.95 Å². The van der Waals surface area contributed by atoms with Gasteiger partial charge in [-0.25, -0.2) is 9.97 Å². The molecule has 0 aliphatic carbocycles. The van der Waals surface area contributed by atoms with Crippen LogP contribution in [0.25, 0.3) is 0 Å². The van der Waals surface area contributed by atoms with Crippen LogP contribution in [0.5, 0.6) is 0 Å². The fourth-order valence-electron chi connectivity index (χ4n) is 1.69. The van der Waals surface area contributed by atoms with Crippen molar-refractivity contribution in [3.8, 4) is 0 Å². The lowest BCUT2D eigenvalue weighted by Crippen LogP contribution is -2.27. The molecule has 1 heterocycles. The number of rotatable bonds is 7. The minimum atomic E-state index is 0.0295. The smallest absolute Gasteiger partial charge is 0.223 e. The summed E-state index contributed by atoms with van der Waals surface area (Å²) in [6.07, 6.45) is 0.613. The Morgan fingerprint density at radius 2 is 2.11 bits per heavy atom. The lowest BCUT2D eigenvalue weighted by molar-refractivity contribution is 0.170. The Bertz CT molecular complexity index is 363. The summed E-state index contributed by atoms with van der Waals surface area (Å²) in [7, 11) is 1.64. The molecule has 1 aromatic rings. The van der Waals surface area contributed by atoms with E-state index in [4.69, 9.17) is 9.84 Å². The molecule has 5 nitrogen and oxygen atoms in total. The van der Waals surface area contributed by atoms with Crippen LogP contribution in [0.2, 0.25) is 0 Å². The summed E-state index contributed by atoms with van der Waals surface area (Å²) in [5, 5.41) is 12.2. The predicted octanol–water partition coefficient (Wildman–Crippen LogP) is 1.72.